The molecule has 0 aromatic carbocycles. The van der Waals surface area contributed by atoms with E-state index in [0.29, 0.717) is 31.3 Å². The molecule has 0 aromatic heterocycles. The van der Waals surface area contributed by atoms with Crippen LogP contribution in [0.1, 0.15) is 59.8 Å². The van der Waals surface area contributed by atoms with Gasteiger partial charge in [-0.3, -0.25) is 4.99 Å². The van der Waals surface area contributed by atoms with Crippen molar-refractivity contribution in [2.75, 3.05) is 33.4 Å². The minimum absolute atomic E-state index is 0.0954. The Hall–Kier alpha value is -1.50. The highest BCUT2D eigenvalue weighted by atomic mass is 16.5. The first-order chi connectivity index (χ1) is 12.9. The lowest BCUT2D eigenvalue weighted by atomic mass is 9.64. The molecule has 1 aliphatic heterocycles. The fourth-order valence-corrected chi connectivity index (χ4v) is 3.77. The van der Waals surface area contributed by atoms with Crippen LogP contribution in [0.4, 0.5) is 4.79 Å². The second-order valence-electron chi connectivity index (χ2n) is 8.17. The Labute approximate surface area is 164 Å². The molecule has 2 fully saturated rings. The van der Waals surface area contributed by atoms with Crippen LogP contribution >= 0.6 is 0 Å². The lowest BCUT2D eigenvalue weighted by Gasteiger charge is -2.52. The van der Waals surface area contributed by atoms with E-state index >= 15 is 0 Å². The van der Waals surface area contributed by atoms with E-state index in [0.717, 1.165) is 44.8 Å². The van der Waals surface area contributed by atoms with Gasteiger partial charge >= 0.3 is 6.09 Å². The molecule has 2 N–H and O–H groups in total. The molecular formula is C20H38N4O3. The Balaban J connectivity index is 1.81. The summed E-state index contributed by atoms with van der Waals surface area (Å²) in [5.41, 5.74) is 0.0954. The summed E-state index contributed by atoms with van der Waals surface area (Å²) < 4.78 is 10.9. The van der Waals surface area contributed by atoms with Crippen LogP contribution in [0.2, 0.25) is 0 Å². The maximum atomic E-state index is 11.6. The van der Waals surface area contributed by atoms with Gasteiger partial charge in [0.1, 0.15) is 0 Å². The van der Waals surface area contributed by atoms with E-state index in [1.165, 1.54) is 13.5 Å². The topological polar surface area (TPSA) is 75.2 Å². The van der Waals surface area contributed by atoms with Gasteiger partial charge in [-0.1, -0.05) is 27.2 Å². The Kier molecular flexibility index (Phi) is 8.20. The van der Waals surface area contributed by atoms with Crippen LogP contribution in [0.25, 0.3) is 0 Å². The predicted octanol–water partition coefficient (Wildman–Crippen LogP) is 2.76. The maximum absolute atomic E-state index is 11.6. The van der Waals surface area contributed by atoms with E-state index in [-0.39, 0.29) is 11.5 Å². The number of unbranched alkanes of at least 4 members (excludes halogenated alkanes) is 1. The van der Waals surface area contributed by atoms with Gasteiger partial charge in [-0.2, -0.15) is 0 Å². The van der Waals surface area contributed by atoms with E-state index in [9.17, 15) is 4.79 Å². The van der Waals surface area contributed by atoms with E-state index in [2.05, 4.69) is 36.4 Å². The molecule has 2 atom stereocenters. The fourth-order valence-electron chi connectivity index (χ4n) is 3.77. The number of hydrogen-bond acceptors (Lipinski definition) is 4. The van der Waals surface area contributed by atoms with Crippen LogP contribution in [-0.4, -0.2) is 68.5 Å². The van der Waals surface area contributed by atoms with Gasteiger partial charge in [0, 0.05) is 43.7 Å². The van der Waals surface area contributed by atoms with Gasteiger partial charge in [-0.05, 0) is 32.6 Å². The lowest BCUT2D eigenvalue weighted by molar-refractivity contribution is -0.113. The van der Waals surface area contributed by atoms with E-state index < -0.39 is 0 Å². The molecule has 1 aliphatic carbocycles. The smallest absolute Gasteiger partial charge is 0.409 e. The summed E-state index contributed by atoms with van der Waals surface area (Å²) in [4.78, 5) is 18.0. The molecular weight excluding hydrogens is 344 g/mol. The van der Waals surface area contributed by atoms with Gasteiger partial charge in [0.25, 0.3) is 0 Å². The van der Waals surface area contributed by atoms with E-state index in [4.69, 9.17) is 9.47 Å². The van der Waals surface area contributed by atoms with Crippen molar-refractivity contribution in [3.8, 4) is 0 Å². The van der Waals surface area contributed by atoms with Crippen LogP contribution in [-0.2, 0) is 9.47 Å². The first-order valence-electron chi connectivity index (χ1n) is 10.4. The quantitative estimate of drug-likeness (QED) is 0.402. The third kappa shape index (κ3) is 5.74. The Morgan fingerprint density at radius 3 is 2.48 bits per heavy atom. The number of aliphatic imine (C=N–C) groups is 1. The molecule has 1 heterocycles. The minimum Gasteiger partial charge on any atom is -0.453 e. The number of ether oxygens (including phenoxy) is 2. The molecule has 2 unspecified atom stereocenters. The molecule has 1 saturated heterocycles. The van der Waals surface area contributed by atoms with Crippen molar-refractivity contribution in [3.05, 3.63) is 0 Å². The summed E-state index contributed by atoms with van der Waals surface area (Å²) in [5, 5.41) is 7.17. The van der Waals surface area contributed by atoms with E-state index in [1.54, 1.807) is 4.90 Å². The summed E-state index contributed by atoms with van der Waals surface area (Å²) in [7, 11) is 1.43. The standard InChI is InChI=1S/C20H38N4O3/c1-6-8-13-27-17-14-16(20(17,3)4)23-18(21-7-2)22-15-9-11-24(12-10-15)19(25)26-5/h15-17H,6-14H2,1-5H3,(H2,21,22,23). The third-order valence-electron chi connectivity index (χ3n) is 5.89. The van der Waals surface area contributed by atoms with Gasteiger partial charge in [0.15, 0.2) is 5.96 Å². The molecule has 0 spiro atoms. The van der Waals surface area contributed by atoms with Crippen molar-refractivity contribution in [2.24, 2.45) is 10.4 Å². The van der Waals surface area contributed by atoms with Crippen molar-refractivity contribution in [3.63, 3.8) is 0 Å². The summed E-state index contributed by atoms with van der Waals surface area (Å²) in [6, 6.07) is 0.681. The van der Waals surface area contributed by atoms with Gasteiger partial charge in [-0.25, -0.2) is 4.79 Å². The fraction of sp³-hybridized carbons (Fsp3) is 0.900. The second-order valence-corrected chi connectivity index (χ2v) is 8.17. The number of hydrogen-bond donors (Lipinski definition) is 2. The highest BCUT2D eigenvalue weighted by Crippen LogP contribution is 2.42. The number of methoxy groups -OCH3 is 1. The maximum Gasteiger partial charge on any atom is 0.409 e. The molecule has 0 radical (unpaired) electrons. The molecule has 0 bridgehead atoms. The van der Waals surface area contributed by atoms with Gasteiger partial charge in [0.05, 0.1) is 13.2 Å². The number of likely N-dealkylation sites (tertiary alicyclic amines) is 1. The summed E-state index contributed by atoms with van der Waals surface area (Å²) in [6.07, 6.45) is 5.18. The van der Waals surface area contributed by atoms with Crippen LogP contribution in [0.3, 0.4) is 0 Å². The van der Waals surface area contributed by atoms with Crippen molar-refractivity contribution in [1.82, 2.24) is 15.5 Å². The van der Waals surface area contributed by atoms with Crippen molar-refractivity contribution in [1.29, 1.82) is 0 Å². The number of carbonyl (C=O) groups excluding carboxylic acids is 1. The highest BCUT2D eigenvalue weighted by Gasteiger charge is 2.49. The van der Waals surface area contributed by atoms with Gasteiger partial charge in [-0.15, -0.1) is 0 Å². The Bertz CT molecular complexity index is 501. The Morgan fingerprint density at radius 2 is 1.93 bits per heavy atom. The normalized spacial score (nSPS) is 25.7. The van der Waals surface area contributed by atoms with Crippen LogP contribution in [0.5, 0.6) is 0 Å². The van der Waals surface area contributed by atoms with Crippen LogP contribution < -0.4 is 10.6 Å². The predicted molar refractivity (Wildman–Crippen MR) is 108 cm³/mol. The van der Waals surface area contributed by atoms with Crippen molar-refractivity contribution >= 4 is 12.1 Å². The first-order valence-corrected chi connectivity index (χ1v) is 10.4. The number of amides is 1. The zero-order chi connectivity index (χ0) is 19.9. The monoisotopic (exact) mass is 382 g/mol. The summed E-state index contributed by atoms with van der Waals surface area (Å²) in [5.74, 6) is 0.874. The molecule has 7 nitrogen and oxygen atoms in total. The van der Waals surface area contributed by atoms with Crippen LogP contribution in [0.15, 0.2) is 4.99 Å². The minimum atomic E-state index is -0.237. The molecule has 0 aromatic rings. The van der Waals surface area contributed by atoms with Gasteiger partial charge < -0.3 is 25.0 Å². The molecule has 2 aliphatic rings. The molecule has 2 rings (SSSR count). The molecule has 27 heavy (non-hydrogen) atoms. The Morgan fingerprint density at radius 1 is 1.22 bits per heavy atom. The molecule has 156 valence electrons. The lowest BCUT2D eigenvalue weighted by Crippen LogP contribution is -2.64. The molecule has 1 amide bonds. The number of nitrogens with zero attached hydrogens (tertiary/aromatic N) is 2. The molecule has 1 saturated carbocycles. The number of nitrogens with one attached hydrogen (secondary N) is 2. The largest absolute Gasteiger partial charge is 0.453 e. The highest BCUT2D eigenvalue weighted by molar-refractivity contribution is 5.80. The van der Waals surface area contributed by atoms with E-state index in [1.807, 2.05) is 6.92 Å². The third-order valence-corrected chi connectivity index (χ3v) is 5.89. The first kappa shape index (κ1) is 21.8. The number of rotatable bonds is 7. The summed E-state index contributed by atoms with van der Waals surface area (Å²) >= 11 is 0. The van der Waals surface area contributed by atoms with Crippen molar-refractivity contribution < 1.29 is 14.3 Å². The van der Waals surface area contributed by atoms with Crippen molar-refractivity contribution in [2.45, 2.75) is 78.0 Å². The SMILES string of the molecule is CCCCOC1CC(NC(=NCC)NC2CCN(C(=O)OC)CC2)C1(C)C. The zero-order valence-electron chi connectivity index (χ0n) is 17.7. The second kappa shape index (κ2) is 10.2. The average molecular weight is 383 g/mol. The zero-order valence-corrected chi connectivity index (χ0v) is 17.7. The number of guanidine groups is 1. The van der Waals surface area contributed by atoms with Gasteiger partial charge in [0.2, 0.25) is 0 Å². The average Bonchev–Trinajstić information content (AvgIpc) is 2.66. The summed E-state index contributed by atoms with van der Waals surface area (Å²) in [6.45, 7) is 11.8. The van der Waals surface area contributed by atoms with Crippen LogP contribution in [0, 0.1) is 5.41 Å². The number of carbonyl (C=O) groups is 1. The molecule has 7 heteroatoms. The number of piperidine rings is 1.